The van der Waals surface area contributed by atoms with E-state index in [2.05, 4.69) is 26.0 Å². The van der Waals surface area contributed by atoms with Gasteiger partial charge in [-0.15, -0.1) is 0 Å². The number of pyridine rings is 1. The Bertz CT molecular complexity index is 611. The molecule has 0 aliphatic carbocycles. The molecular formula is C13H14BrN3O2S. The number of rotatable bonds is 5. The minimum absolute atomic E-state index is 0.000241. The van der Waals surface area contributed by atoms with Crippen LogP contribution in [0.25, 0.3) is 5.82 Å². The molecule has 0 aliphatic heterocycles. The lowest BCUT2D eigenvalue weighted by molar-refractivity contribution is -0.133. The van der Waals surface area contributed by atoms with Crippen LogP contribution in [-0.4, -0.2) is 31.6 Å². The van der Waals surface area contributed by atoms with Gasteiger partial charge in [0.1, 0.15) is 5.03 Å². The Hall–Kier alpha value is -1.34. The van der Waals surface area contributed by atoms with Gasteiger partial charge in [0.15, 0.2) is 5.82 Å². The van der Waals surface area contributed by atoms with Crippen molar-refractivity contribution in [3.63, 3.8) is 0 Å². The van der Waals surface area contributed by atoms with E-state index in [9.17, 15) is 4.79 Å². The second-order valence-electron chi connectivity index (χ2n) is 4.49. The van der Waals surface area contributed by atoms with Crippen LogP contribution in [0, 0.1) is 0 Å². The second kappa shape index (κ2) is 6.41. The smallest absolute Gasteiger partial charge is 0.313 e. The number of aromatic nitrogens is 3. The van der Waals surface area contributed by atoms with Crippen LogP contribution in [0.4, 0.5) is 0 Å². The summed E-state index contributed by atoms with van der Waals surface area (Å²) in [7, 11) is 0. The first kappa shape index (κ1) is 15.1. The predicted molar refractivity (Wildman–Crippen MR) is 81.5 cm³/mol. The van der Waals surface area contributed by atoms with Crippen molar-refractivity contribution in [1.82, 2.24) is 14.8 Å². The molecule has 1 N–H and O–H groups in total. The molecule has 2 rings (SSSR count). The third-order valence-corrected chi connectivity index (χ3v) is 4.01. The summed E-state index contributed by atoms with van der Waals surface area (Å²) in [6.45, 7) is 4.10. The molecule has 0 fully saturated rings. The third-order valence-electron chi connectivity index (χ3n) is 2.56. The fourth-order valence-electron chi connectivity index (χ4n) is 1.56. The zero-order valence-electron chi connectivity index (χ0n) is 11.1. The van der Waals surface area contributed by atoms with Crippen LogP contribution in [-0.2, 0) is 4.79 Å². The van der Waals surface area contributed by atoms with Crippen molar-refractivity contribution in [1.29, 1.82) is 0 Å². The highest BCUT2D eigenvalue weighted by atomic mass is 79.9. The van der Waals surface area contributed by atoms with E-state index >= 15 is 0 Å². The van der Waals surface area contributed by atoms with Crippen LogP contribution in [0.1, 0.15) is 25.5 Å². The van der Waals surface area contributed by atoms with Gasteiger partial charge < -0.3 is 5.11 Å². The van der Waals surface area contributed by atoms with E-state index < -0.39 is 5.97 Å². The standard InChI is InChI=1S/C13H14BrN3O2S/c1-8(2)10-5-12(20-7-13(18)19)17(16-10)11-4-3-9(14)6-15-11/h3-6,8H,7H2,1-2H3,(H,18,19). The van der Waals surface area contributed by atoms with Crippen LogP contribution >= 0.6 is 27.7 Å². The summed E-state index contributed by atoms with van der Waals surface area (Å²) in [5, 5.41) is 14.1. The molecule has 20 heavy (non-hydrogen) atoms. The molecule has 0 atom stereocenters. The number of nitrogens with zero attached hydrogens (tertiary/aromatic N) is 3. The average Bonchev–Trinajstić information content (AvgIpc) is 2.81. The van der Waals surface area contributed by atoms with Gasteiger partial charge in [-0.2, -0.15) is 5.10 Å². The Morgan fingerprint density at radius 3 is 2.80 bits per heavy atom. The molecule has 2 aromatic rings. The molecule has 0 aromatic carbocycles. The lowest BCUT2D eigenvalue weighted by atomic mass is 10.1. The molecule has 5 nitrogen and oxygen atoms in total. The van der Waals surface area contributed by atoms with Crippen molar-refractivity contribution in [2.75, 3.05) is 5.75 Å². The van der Waals surface area contributed by atoms with Crippen LogP contribution in [0.3, 0.4) is 0 Å². The average molecular weight is 356 g/mol. The SMILES string of the molecule is CC(C)c1cc(SCC(=O)O)n(-c2ccc(Br)cn2)n1. The van der Waals surface area contributed by atoms with Crippen molar-refractivity contribution in [3.05, 3.63) is 34.6 Å². The zero-order valence-corrected chi connectivity index (χ0v) is 13.5. The first-order valence-electron chi connectivity index (χ1n) is 6.04. The topological polar surface area (TPSA) is 68.0 Å². The van der Waals surface area contributed by atoms with Gasteiger partial charge in [-0.25, -0.2) is 9.67 Å². The van der Waals surface area contributed by atoms with Gasteiger partial charge in [0.25, 0.3) is 0 Å². The number of carbonyl (C=O) groups is 1. The van der Waals surface area contributed by atoms with Crippen molar-refractivity contribution in [2.45, 2.75) is 24.8 Å². The normalized spacial score (nSPS) is 11.0. The summed E-state index contributed by atoms with van der Waals surface area (Å²) >= 11 is 4.58. The summed E-state index contributed by atoms with van der Waals surface area (Å²) < 4.78 is 2.58. The monoisotopic (exact) mass is 355 g/mol. The maximum Gasteiger partial charge on any atom is 0.313 e. The molecular weight excluding hydrogens is 342 g/mol. The molecule has 2 aromatic heterocycles. The maximum absolute atomic E-state index is 10.7. The molecule has 0 unspecified atom stereocenters. The van der Waals surface area contributed by atoms with Crippen molar-refractivity contribution in [3.8, 4) is 5.82 Å². The minimum Gasteiger partial charge on any atom is -0.481 e. The van der Waals surface area contributed by atoms with Crippen molar-refractivity contribution < 1.29 is 9.90 Å². The van der Waals surface area contributed by atoms with Gasteiger partial charge in [0, 0.05) is 10.7 Å². The van der Waals surface area contributed by atoms with E-state index in [0.29, 0.717) is 5.82 Å². The number of hydrogen-bond donors (Lipinski definition) is 1. The highest BCUT2D eigenvalue weighted by Crippen LogP contribution is 2.25. The fourth-order valence-corrected chi connectivity index (χ4v) is 2.53. The van der Waals surface area contributed by atoms with Crippen LogP contribution in [0.2, 0.25) is 0 Å². The number of aliphatic carboxylic acids is 1. The zero-order chi connectivity index (χ0) is 14.7. The van der Waals surface area contributed by atoms with Gasteiger partial charge >= 0.3 is 5.97 Å². The molecule has 0 aliphatic rings. The van der Waals surface area contributed by atoms with E-state index in [1.807, 2.05) is 32.0 Å². The Labute approximate surface area is 129 Å². The number of thioether (sulfide) groups is 1. The third kappa shape index (κ3) is 3.61. The second-order valence-corrected chi connectivity index (χ2v) is 6.40. The molecule has 0 saturated carbocycles. The molecule has 0 spiro atoms. The Morgan fingerprint density at radius 1 is 1.50 bits per heavy atom. The highest BCUT2D eigenvalue weighted by molar-refractivity contribution is 9.10. The van der Waals surface area contributed by atoms with E-state index in [1.165, 1.54) is 11.8 Å². The van der Waals surface area contributed by atoms with Gasteiger partial charge in [-0.1, -0.05) is 25.6 Å². The van der Waals surface area contributed by atoms with Gasteiger partial charge in [0.2, 0.25) is 0 Å². The van der Waals surface area contributed by atoms with E-state index in [-0.39, 0.29) is 11.7 Å². The summed E-state index contributed by atoms with van der Waals surface area (Å²) in [6.07, 6.45) is 1.69. The summed E-state index contributed by atoms with van der Waals surface area (Å²) in [4.78, 5) is 15.0. The van der Waals surface area contributed by atoms with Crippen LogP contribution in [0.5, 0.6) is 0 Å². The fraction of sp³-hybridized carbons (Fsp3) is 0.308. The van der Waals surface area contributed by atoms with Gasteiger partial charge in [0.05, 0.1) is 11.4 Å². The van der Waals surface area contributed by atoms with E-state index in [1.54, 1.807) is 10.9 Å². The Kier molecular flexibility index (Phi) is 4.82. The Balaban J connectivity index is 2.38. The lowest BCUT2D eigenvalue weighted by Crippen LogP contribution is -2.04. The largest absolute Gasteiger partial charge is 0.481 e. The number of halogens is 1. The summed E-state index contributed by atoms with van der Waals surface area (Å²) in [5.41, 5.74) is 0.919. The molecule has 106 valence electrons. The van der Waals surface area contributed by atoms with Crippen molar-refractivity contribution >= 4 is 33.7 Å². The lowest BCUT2D eigenvalue weighted by Gasteiger charge is -2.05. The van der Waals surface area contributed by atoms with Crippen LogP contribution < -0.4 is 0 Å². The molecule has 0 saturated heterocycles. The van der Waals surface area contributed by atoms with Crippen molar-refractivity contribution in [2.24, 2.45) is 0 Å². The van der Waals surface area contributed by atoms with E-state index in [0.717, 1.165) is 15.2 Å². The highest BCUT2D eigenvalue weighted by Gasteiger charge is 2.14. The molecule has 0 bridgehead atoms. The van der Waals surface area contributed by atoms with E-state index in [4.69, 9.17) is 5.11 Å². The first-order valence-corrected chi connectivity index (χ1v) is 7.81. The molecule has 2 heterocycles. The van der Waals surface area contributed by atoms with Crippen LogP contribution in [0.15, 0.2) is 33.9 Å². The molecule has 0 radical (unpaired) electrons. The first-order chi connectivity index (χ1) is 9.47. The number of carboxylic acid groups (broad SMARTS) is 1. The quantitative estimate of drug-likeness (QED) is 0.833. The van der Waals surface area contributed by atoms with Gasteiger partial charge in [-0.3, -0.25) is 4.79 Å². The molecule has 7 heteroatoms. The van der Waals surface area contributed by atoms with Gasteiger partial charge in [-0.05, 0) is 40.0 Å². The Morgan fingerprint density at radius 2 is 2.25 bits per heavy atom. The number of carboxylic acids is 1. The molecule has 0 amide bonds. The maximum atomic E-state index is 10.7. The number of hydrogen-bond acceptors (Lipinski definition) is 4. The summed E-state index contributed by atoms with van der Waals surface area (Å²) in [6, 6.07) is 5.64. The summed E-state index contributed by atoms with van der Waals surface area (Å²) in [5.74, 6) is 0.0983. The predicted octanol–water partition coefficient (Wildman–Crippen LogP) is 3.33. The minimum atomic E-state index is -0.849.